The summed E-state index contributed by atoms with van der Waals surface area (Å²) in [6.45, 7) is 6.20. The van der Waals surface area contributed by atoms with Gasteiger partial charge in [-0.05, 0) is 68.8 Å². The normalized spacial score (nSPS) is 18.7. The summed E-state index contributed by atoms with van der Waals surface area (Å²) in [6.07, 6.45) is 1.19. The van der Waals surface area contributed by atoms with E-state index < -0.39 is 0 Å². The first-order valence-corrected chi connectivity index (χ1v) is 10.2. The van der Waals surface area contributed by atoms with Crippen molar-refractivity contribution in [1.82, 2.24) is 5.32 Å². The van der Waals surface area contributed by atoms with Gasteiger partial charge in [0, 0.05) is 43.0 Å². The zero-order valence-electron chi connectivity index (χ0n) is 17.4. The van der Waals surface area contributed by atoms with Crippen LogP contribution >= 0.6 is 0 Å². The van der Waals surface area contributed by atoms with E-state index in [1.54, 1.807) is 0 Å². The zero-order chi connectivity index (χ0) is 21.5. The zero-order valence-corrected chi connectivity index (χ0v) is 17.4. The number of anilines is 2. The van der Waals surface area contributed by atoms with E-state index in [-0.39, 0.29) is 29.8 Å². The molecule has 6 nitrogen and oxygen atoms in total. The van der Waals surface area contributed by atoms with Crippen LogP contribution in [0.2, 0.25) is 0 Å². The second kappa shape index (κ2) is 10.2. The summed E-state index contributed by atoms with van der Waals surface area (Å²) in [5.74, 6) is -0.768. The van der Waals surface area contributed by atoms with Gasteiger partial charge in [0.1, 0.15) is 5.82 Å². The van der Waals surface area contributed by atoms with Crippen LogP contribution in [-0.4, -0.2) is 43.7 Å². The molecule has 1 saturated heterocycles. The van der Waals surface area contributed by atoms with Crippen molar-refractivity contribution < 1.29 is 18.7 Å². The van der Waals surface area contributed by atoms with E-state index in [9.17, 15) is 14.0 Å². The molecule has 3 rings (SSSR count). The lowest BCUT2D eigenvalue weighted by atomic mass is 10.2. The fourth-order valence-electron chi connectivity index (χ4n) is 3.52. The van der Waals surface area contributed by atoms with Crippen molar-refractivity contribution in [2.24, 2.45) is 0 Å². The second-order valence-corrected chi connectivity index (χ2v) is 7.62. The number of carbonyl (C=O) groups is 2. The predicted octanol–water partition coefficient (Wildman–Crippen LogP) is 3.59. The highest BCUT2D eigenvalue weighted by Crippen LogP contribution is 2.22. The van der Waals surface area contributed by atoms with Gasteiger partial charge in [-0.3, -0.25) is 9.59 Å². The highest BCUT2D eigenvalue weighted by molar-refractivity contribution is 5.94. The van der Waals surface area contributed by atoms with Crippen LogP contribution in [0.5, 0.6) is 0 Å². The Morgan fingerprint density at radius 3 is 2.30 bits per heavy atom. The molecule has 2 atom stereocenters. The molecule has 0 spiro atoms. The maximum absolute atomic E-state index is 12.9. The van der Waals surface area contributed by atoms with Gasteiger partial charge < -0.3 is 20.3 Å². The first-order valence-electron chi connectivity index (χ1n) is 10.2. The van der Waals surface area contributed by atoms with Crippen LogP contribution in [-0.2, 0) is 9.53 Å². The number of nitrogens with one attached hydrogen (secondary N) is 2. The summed E-state index contributed by atoms with van der Waals surface area (Å²) in [6, 6.07) is 13.1. The molecule has 7 heteroatoms. The summed E-state index contributed by atoms with van der Waals surface area (Å²) in [5.41, 5.74) is 2.25. The van der Waals surface area contributed by atoms with Crippen LogP contribution in [0.15, 0.2) is 48.5 Å². The lowest BCUT2D eigenvalue weighted by Crippen LogP contribution is -2.45. The highest BCUT2D eigenvalue weighted by atomic mass is 19.1. The van der Waals surface area contributed by atoms with Crippen LogP contribution in [0.3, 0.4) is 0 Å². The van der Waals surface area contributed by atoms with Crippen LogP contribution in [0.4, 0.5) is 15.8 Å². The molecule has 1 heterocycles. The molecule has 0 saturated carbocycles. The number of ether oxygens (including phenoxy) is 1. The van der Waals surface area contributed by atoms with E-state index in [0.29, 0.717) is 24.9 Å². The van der Waals surface area contributed by atoms with E-state index in [1.165, 1.54) is 24.3 Å². The fraction of sp³-hybridized carbons (Fsp3) is 0.391. The molecule has 2 aromatic carbocycles. The van der Waals surface area contributed by atoms with Gasteiger partial charge in [0.05, 0.1) is 12.2 Å². The Bertz CT molecular complexity index is 845. The van der Waals surface area contributed by atoms with E-state index in [0.717, 1.165) is 24.5 Å². The summed E-state index contributed by atoms with van der Waals surface area (Å²) < 4.78 is 18.7. The molecule has 1 fully saturated rings. The quantitative estimate of drug-likeness (QED) is 0.681. The number of benzene rings is 2. The summed E-state index contributed by atoms with van der Waals surface area (Å²) in [7, 11) is 0. The van der Waals surface area contributed by atoms with Gasteiger partial charge in [-0.2, -0.15) is 0 Å². The van der Waals surface area contributed by atoms with E-state index >= 15 is 0 Å². The van der Waals surface area contributed by atoms with Crippen LogP contribution in [0.25, 0.3) is 0 Å². The van der Waals surface area contributed by atoms with Crippen molar-refractivity contribution >= 4 is 23.2 Å². The minimum atomic E-state index is -0.384. The standard InChI is InChI=1S/C23H28FN3O3/c1-16-14-27(15-17(2)30-16)21-11-9-20(10-12-21)26-22(28)4-3-13-25-23(29)18-5-7-19(24)8-6-18/h5-12,16-17H,3-4,13-15H2,1-2H3,(H,25,29)(H,26,28). The molecular weight excluding hydrogens is 385 g/mol. The molecule has 2 N–H and O–H groups in total. The van der Waals surface area contributed by atoms with Gasteiger partial charge >= 0.3 is 0 Å². The number of carbonyl (C=O) groups excluding carboxylic acids is 2. The molecule has 160 valence electrons. The summed E-state index contributed by atoms with van der Waals surface area (Å²) in [4.78, 5) is 26.4. The van der Waals surface area contributed by atoms with Crippen molar-refractivity contribution in [3.63, 3.8) is 0 Å². The predicted molar refractivity (Wildman–Crippen MR) is 115 cm³/mol. The lowest BCUT2D eigenvalue weighted by Gasteiger charge is -2.36. The third-order valence-electron chi connectivity index (χ3n) is 4.91. The van der Waals surface area contributed by atoms with Crippen molar-refractivity contribution in [3.8, 4) is 0 Å². The monoisotopic (exact) mass is 413 g/mol. The molecule has 2 amide bonds. The number of morpholine rings is 1. The fourth-order valence-corrected chi connectivity index (χ4v) is 3.52. The number of halogens is 1. The van der Waals surface area contributed by atoms with Crippen LogP contribution < -0.4 is 15.5 Å². The Morgan fingerprint density at radius 2 is 1.67 bits per heavy atom. The lowest BCUT2D eigenvalue weighted by molar-refractivity contribution is -0.116. The topological polar surface area (TPSA) is 70.7 Å². The molecule has 0 bridgehead atoms. The average molecular weight is 413 g/mol. The third kappa shape index (κ3) is 6.29. The molecule has 1 aliphatic rings. The number of amides is 2. The molecule has 1 aliphatic heterocycles. The van der Waals surface area contributed by atoms with Crippen molar-refractivity contribution in [1.29, 1.82) is 0 Å². The minimum Gasteiger partial charge on any atom is -0.372 e. The first-order chi connectivity index (χ1) is 14.4. The Kier molecular flexibility index (Phi) is 7.41. The molecule has 0 radical (unpaired) electrons. The second-order valence-electron chi connectivity index (χ2n) is 7.62. The van der Waals surface area contributed by atoms with Gasteiger partial charge in [-0.15, -0.1) is 0 Å². The molecule has 2 aromatic rings. The molecule has 0 aliphatic carbocycles. The Morgan fingerprint density at radius 1 is 1.03 bits per heavy atom. The maximum Gasteiger partial charge on any atom is 0.251 e. The Balaban J connectivity index is 1.39. The first kappa shape index (κ1) is 21.8. The largest absolute Gasteiger partial charge is 0.372 e. The SMILES string of the molecule is CC1CN(c2ccc(NC(=O)CCCNC(=O)c3ccc(F)cc3)cc2)CC(C)O1. The van der Waals surface area contributed by atoms with Gasteiger partial charge in [0.25, 0.3) is 5.91 Å². The number of nitrogens with zero attached hydrogens (tertiary/aromatic N) is 1. The smallest absolute Gasteiger partial charge is 0.251 e. The van der Waals surface area contributed by atoms with E-state index in [1.807, 2.05) is 24.3 Å². The third-order valence-corrected chi connectivity index (χ3v) is 4.91. The van der Waals surface area contributed by atoms with Gasteiger partial charge in [-0.25, -0.2) is 4.39 Å². The Hall–Kier alpha value is -2.93. The molecule has 0 aromatic heterocycles. The summed E-state index contributed by atoms with van der Waals surface area (Å²) >= 11 is 0. The number of hydrogen-bond donors (Lipinski definition) is 2. The molecule has 30 heavy (non-hydrogen) atoms. The van der Waals surface area contributed by atoms with Gasteiger partial charge in [0.15, 0.2) is 0 Å². The number of hydrogen-bond acceptors (Lipinski definition) is 4. The van der Waals surface area contributed by atoms with Gasteiger partial charge in [0.2, 0.25) is 5.91 Å². The highest BCUT2D eigenvalue weighted by Gasteiger charge is 2.22. The van der Waals surface area contributed by atoms with E-state index in [2.05, 4.69) is 29.4 Å². The van der Waals surface area contributed by atoms with E-state index in [4.69, 9.17) is 4.74 Å². The van der Waals surface area contributed by atoms with Crippen LogP contribution in [0, 0.1) is 5.82 Å². The van der Waals surface area contributed by atoms with Crippen LogP contribution in [0.1, 0.15) is 37.0 Å². The molecule has 2 unspecified atom stereocenters. The Labute approximate surface area is 176 Å². The van der Waals surface area contributed by atoms with Crippen molar-refractivity contribution in [2.75, 3.05) is 29.9 Å². The van der Waals surface area contributed by atoms with Crippen molar-refractivity contribution in [2.45, 2.75) is 38.9 Å². The van der Waals surface area contributed by atoms with Gasteiger partial charge in [-0.1, -0.05) is 0 Å². The average Bonchev–Trinajstić information content (AvgIpc) is 2.71. The number of rotatable bonds is 7. The summed E-state index contributed by atoms with van der Waals surface area (Å²) in [5, 5.41) is 5.61. The maximum atomic E-state index is 12.9. The molecular formula is C23H28FN3O3. The minimum absolute atomic E-state index is 0.104. The van der Waals surface area contributed by atoms with Crippen molar-refractivity contribution in [3.05, 3.63) is 59.9 Å².